The zero-order chi connectivity index (χ0) is 22.4. The van der Waals surface area contributed by atoms with Crippen molar-refractivity contribution in [3.8, 4) is 11.5 Å². The standard InChI is InChI=1S/C20H20N6O5/c1-12(27)23-13-4-6-14(7-5-13)24-19-18(26(28)29)20(22-11-21-19)25-16-9-8-15(30-2)10-17(16)31-3/h4-11H,1-3H3,(H,23,27)(H2,21,22,24,25). The summed E-state index contributed by atoms with van der Waals surface area (Å²) in [7, 11) is 3.00. The number of ether oxygens (including phenoxy) is 2. The number of anilines is 5. The summed E-state index contributed by atoms with van der Waals surface area (Å²) in [5, 5.41) is 20.3. The molecule has 0 atom stereocenters. The molecule has 160 valence electrons. The molecule has 31 heavy (non-hydrogen) atoms. The number of carbonyl (C=O) groups excluding carboxylic acids is 1. The minimum atomic E-state index is -0.577. The van der Waals surface area contributed by atoms with E-state index in [9.17, 15) is 14.9 Å². The molecule has 0 aliphatic heterocycles. The summed E-state index contributed by atoms with van der Waals surface area (Å²) in [6.07, 6.45) is 1.21. The molecule has 0 aliphatic rings. The molecule has 0 saturated carbocycles. The van der Waals surface area contributed by atoms with Crippen LogP contribution in [-0.2, 0) is 4.79 Å². The van der Waals surface area contributed by atoms with Gasteiger partial charge in [0, 0.05) is 24.4 Å². The van der Waals surface area contributed by atoms with Gasteiger partial charge in [-0.15, -0.1) is 0 Å². The maximum atomic E-state index is 11.8. The number of nitro groups is 1. The quantitative estimate of drug-likeness (QED) is 0.363. The molecule has 3 aromatic rings. The van der Waals surface area contributed by atoms with Crippen molar-refractivity contribution in [3.63, 3.8) is 0 Å². The van der Waals surface area contributed by atoms with E-state index in [0.29, 0.717) is 28.6 Å². The SMILES string of the molecule is COc1ccc(Nc2ncnc(Nc3ccc(NC(C)=O)cc3)c2[N+](=O)[O-])c(OC)c1. The fraction of sp³-hybridized carbons (Fsp3) is 0.150. The summed E-state index contributed by atoms with van der Waals surface area (Å²) in [6.45, 7) is 1.41. The summed E-state index contributed by atoms with van der Waals surface area (Å²) < 4.78 is 10.5. The maximum Gasteiger partial charge on any atom is 0.353 e. The molecule has 0 radical (unpaired) electrons. The van der Waals surface area contributed by atoms with E-state index in [4.69, 9.17) is 9.47 Å². The third-order valence-corrected chi connectivity index (χ3v) is 4.13. The largest absolute Gasteiger partial charge is 0.497 e. The van der Waals surface area contributed by atoms with Crippen molar-refractivity contribution in [3.05, 3.63) is 58.9 Å². The molecule has 1 aromatic heterocycles. The number of hydrogen-bond acceptors (Lipinski definition) is 9. The van der Waals surface area contributed by atoms with Crippen molar-refractivity contribution in [2.45, 2.75) is 6.92 Å². The molecule has 1 amide bonds. The average molecular weight is 424 g/mol. The van der Waals surface area contributed by atoms with E-state index in [2.05, 4.69) is 25.9 Å². The lowest BCUT2D eigenvalue weighted by Gasteiger charge is -2.13. The monoisotopic (exact) mass is 424 g/mol. The van der Waals surface area contributed by atoms with Crippen molar-refractivity contribution in [1.29, 1.82) is 0 Å². The summed E-state index contributed by atoms with van der Waals surface area (Å²) >= 11 is 0. The number of nitrogens with zero attached hydrogens (tertiary/aromatic N) is 3. The fourth-order valence-corrected chi connectivity index (χ4v) is 2.74. The van der Waals surface area contributed by atoms with Crippen LogP contribution in [0.15, 0.2) is 48.8 Å². The first kappa shape index (κ1) is 21.3. The average Bonchev–Trinajstić information content (AvgIpc) is 2.75. The zero-order valence-corrected chi connectivity index (χ0v) is 17.0. The Hall–Kier alpha value is -4.41. The summed E-state index contributed by atoms with van der Waals surface area (Å²) in [4.78, 5) is 30.4. The normalized spacial score (nSPS) is 10.2. The van der Waals surface area contributed by atoms with Crippen LogP contribution in [0.5, 0.6) is 11.5 Å². The van der Waals surface area contributed by atoms with E-state index in [1.165, 1.54) is 27.5 Å². The Bertz CT molecular complexity index is 1100. The first-order valence-electron chi connectivity index (χ1n) is 9.04. The van der Waals surface area contributed by atoms with E-state index in [0.717, 1.165) is 0 Å². The number of carbonyl (C=O) groups is 1. The molecule has 3 N–H and O–H groups in total. The number of amides is 1. The Labute approximate surface area is 177 Å². The van der Waals surface area contributed by atoms with Gasteiger partial charge in [-0.3, -0.25) is 14.9 Å². The number of rotatable bonds is 8. The van der Waals surface area contributed by atoms with Gasteiger partial charge in [-0.2, -0.15) is 0 Å². The Balaban J connectivity index is 1.91. The number of methoxy groups -OCH3 is 2. The third-order valence-electron chi connectivity index (χ3n) is 4.13. The van der Waals surface area contributed by atoms with Gasteiger partial charge in [0.05, 0.1) is 24.8 Å². The lowest BCUT2D eigenvalue weighted by molar-refractivity contribution is -0.383. The highest BCUT2D eigenvalue weighted by atomic mass is 16.6. The van der Waals surface area contributed by atoms with Gasteiger partial charge < -0.3 is 25.4 Å². The Morgan fingerprint density at radius 1 is 0.968 bits per heavy atom. The molecular formula is C20H20N6O5. The van der Waals surface area contributed by atoms with Gasteiger partial charge in [-0.05, 0) is 36.4 Å². The van der Waals surface area contributed by atoms with Gasteiger partial charge in [0.15, 0.2) is 0 Å². The molecule has 0 bridgehead atoms. The highest BCUT2D eigenvalue weighted by Gasteiger charge is 2.24. The van der Waals surface area contributed by atoms with Gasteiger partial charge >= 0.3 is 5.69 Å². The highest BCUT2D eigenvalue weighted by Crippen LogP contribution is 2.36. The van der Waals surface area contributed by atoms with E-state index < -0.39 is 4.92 Å². The third kappa shape index (κ3) is 5.15. The van der Waals surface area contributed by atoms with Gasteiger partial charge in [0.1, 0.15) is 17.8 Å². The van der Waals surface area contributed by atoms with E-state index in [1.54, 1.807) is 42.5 Å². The molecule has 11 heteroatoms. The molecular weight excluding hydrogens is 404 g/mol. The van der Waals surface area contributed by atoms with Gasteiger partial charge in [0.2, 0.25) is 17.5 Å². The van der Waals surface area contributed by atoms with Crippen molar-refractivity contribution in [1.82, 2.24) is 9.97 Å². The molecule has 3 rings (SSSR count). The predicted octanol–water partition coefficient (Wildman–Crippen LogP) is 3.85. The Morgan fingerprint density at radius 2 is 1.61 bits per heavy atom. The number of nitrogens with one attached hydrogen (secondary N) is 3. The van der Waals surface area contributed by atoms with Crippen molar-refractivity contribution in [2.75, 3.05) is 30.2 Å². The number of hydrogen-bond donors (Lipinski definition) is 3. The van der Waals surface area contributed by atoms with E-state index in [1.807, 2.05) is 0 Å². The van der Waals surface area contributed by atoms with Crippen LogP contribution in [0.4, 0.5) is 34.4 Å². The zero-order valence-electron chi connectivity index (χ0n) is 17.0. The fourth-order valence-electron chi connectivity index (χ4n) is 2.74. The lowest BCUT2D eigenvalue weighted by Crippen LogP contribution is -2.07. The van der Waals surface area contributed by atoms with Gasteiger partial charge in [0.25, 0.3) is 0 Å². The number of benzene rings is 2. The molecule has 0 fully saturated rings. The Kier molecular flexibility index (Phi) is 6.45. The second kappa shape index (κ2) is 9.39. The van der Waals surface area contributed by atoms with Crippen LogP contribution >= 0.6 is 0 Å². The van der Waals surface area contributed by atoms with Crippen LogP contribution in [0.25, 0.3) is 0 Å². The minimum absolute atomic E-state index is 0.00209. The summed E-state index contributed by atoms with van der Waals surface area (Å²) in [5.74, 6) is 0.792. The van der Waals surface area contributed by atoms with Crippen LogP contribution in [-0.4, -0.2) is 35.0 Å². The summed E-state index contributed by atoms with van der Waals surface area (Å²) in [5.41, 5.74) is 1.27. The van der Waals surface area contributed by atoms with E-state index >= 15 is 0 Å². The second-order valence-corrected chi connectivity index (χ2v) is 6.25. The predicted molar refractivity (Wildman–Crippen MR) is 116 cm³/mol. The van der Waals surface area contributed by atoms with Crippen molar-refractivity contribution < 1.29 is 19.2 Å². The second-order valence-electron chi connectivity index (χ2n) is 6.25. The molecule has 0 saturated heterocycles. The smallest absolute Gasteiger partial charge is 0.353 e. The highest BCUT2D eigenvalue weighted by molar-refractivity contribution is 5.89. The van der Waals surface area contributed by atoms with Crippen LogP contribution in [0.3, 0.4) is 0 Å². The lowest BCUT2D eigenvalue weighted by atomic mass is 10.2. The minimum Gasteiger partial charge on any atom is -0.497 e. The first-order chi connectivity index (χ1) is 14.9. The molecule has 2 aromatic carbocycles. The molecule has 1 heterocycles. The van der Waals surface area contributed by atoms with E-state index in [-0.39, 0.29) is 23.2 Å². The van der Waals surface area contributed by atoms with Crippen LogP contribution in [0.2, 0.25) is 0 Å². The molecule has 11 nitrogen and oxygen atoms in total. The maximum absolute atomic E-state index is 11.8. The van der Waals surface area contributed by atoms with Crippen LogP contribution in [0, 0.1) is 10.1 Å². The number of aromatic nitrogens is 2. The van der Waals surface area contributed by atoms with Gasteiger partial charge in [-0.25, -0.2) is 9.97 Å². The van der Waals surface area contributed by atoms with Crippen molar-refractivity contribution in [2.24, 2.45) is 0 Å². The topological polar surface area (TPSA) is 141 Å². The first-order valence-corrected chi connectivity index (χ1v) is 9.04. The Morgan fingerprint density at radius 3 is 2.19 bits per heavy atom. The molecule has 0 spiro atoms. The van der Waals surface area contributed by atoms with Crippen LogP contribution < -0.4 is 25.4 Å². The molecule has 0 aliphatic carbocycles. The van der Waals surface area contributed by atoms with Crippen LogP contribution in [0.1, 0.15) is 6.92 Å². The molecule has 0 unspecified atom stereocenters. The van der Waals surface area contributed by atoms with Crippen molar-refractivity contribution >= 4 is 40.3 Å². The van der Waals surface area contributed by atoms with Gasteiger partial charge in [-0.1, -0.05) is 0 Å². The summed E-state index contributed by atoms with van der Waals surface area (Å²) in [6, 6.07) is 11.7.